The SMILES string of the molecule is N#CC1(NC(=O)[C@H](CC(F)(F)Cc2ccc(F)cc2)NCC(F)(F)Oc2ccc(F)cc2)CCC1. The van der Waals surface area contributed by atoms with E-state index >= 15 is 0 Å². The Morgan fingerprint density at radius 2 is 1.60 bits per heavy atom. The summed E-state index contributed by atoms with van der Waals surface area (Å²) in [6.07, 6.45) is -4.66. The van der Waals surface area contributed by atoms with Crippen molar-refractivity contribution in [3.63, 3.8) is 0 Å². The molecule has 0 heterocycles. The monoisotopic (exact) mass is 499 g/mol. The van der Waals surface area contributed by atoms with Crippen LogP contribution in [0.5, 0.6) is 5.75 Å². The Hall–Kier alpha value is -3.26. The van der Waals surface area contributed by atoms with E-state index in [1.807, 2.05) is 6.07 Å². The number of benzene rings is 2. The van der Waals surface area contributed by atoms with Gasteiger partial charge in [-0.25, -0.2) is 17.6 Å². The van der Waals surface area contributed by atoms with Gasteiger partial charge in [-0.1, -0.05) is 12.1 Å². The van der Waals surface area contributed by atoms with Gasteiger partial charge in [0, 0.05) is 12.8 Å². The third-order valence-electron chi connectivity index (χ3n) is 5.61. The summed E-state index contributed by atoms with van der Waals surface area (Å²) in [5.41, 5.74) is -1.14. The number of carbonyl (C=O) groups excluding carboxylic acids is 1. The number of hydrogen-bond acceptors (Lipinski definition) is 4. The molecule has 2 aromatic rings. The molecule has 1 saturated carbocycles. The third-order valence-corrected chi connectivity index (χ3v) is 5.61. The minimum atomic E-state index is -3.92. The van der Waals surface area contributed by atoms with E-state index in [1.165, 1.54) is 0 Å². The number of ether oxygens (including phenoxy) is 1. The molecule has 11 heteroatoms. The molecule has 2 N–H and O–H groups in total. The van der Waals surface area contributed by atoms with Crippen LogP contribution in [0.25, 0.3) is 0 Å². The van der Waals surface area contributed by atoms with Gasteiger partial charge in [-0.2, -0.15) is 14.0 Å². The van der Waals surface area contributed by atoms with Crippen molar-refractivity contribution in [1.82, 2.24) is 10.6 Å². The Bertz CT molecular complexity index is 1050. The lowest BCUT2D eigenvalue weighted by atomic mass is 9.78. The van der Waals surface area contributed by atoms with Gasteiger partial charge in [-0.05, 0) is 61.2 Å². The lowest BCUT2D eigenvalue weighted by Crippen LogP contribution is -2.59. The van der Waals surface area contributed by atoms with E-state index in [9.17, 15) is 36.4 Å². The first-order valence-electron chi connectivity index (χ1n) is 10.8. The second kappa shape index (κ2) is 10.6. The zero-order valence-corrected chi connectivity index (χ0v) is 18.5. The fraction of sp³-hybridized carbons (Fsp3) is 0.417. The minimum absolute atomic E-state index is 0.0908. The second-order valence-electron chi connectivity index (χ2n) is 8.53. The Balaban J connectivity index is 1.71. The number of nitrogens with zero attached hydrogens (tertiary/aromatic N) is 1. The first-order chi connectivity index (χ1) is 16.4. The number of nitrogens with one attached hydrogen (secondary N) is 2. The molecule has 5 nitrogen and oxygen atoms in total. The van der Waals surface area contributed by atoms with Gasteiger partial charge in [0.1, 0.15) is 29.5 Å². The lowest BCUT2D eigenvalue weighted by molar-refractivity contribution is -0.174. The van der Waals surface area contributed by atoms with E-state index in [1.54, 1.807) is 0 Å². The van der Waals surface area contributed by atoms with Crippen molar-refractivity contribution in [1.29, 1.82) is 5.26 Å². The van der Waals surface area contributed by atoms with Crippen LogP contribution in [0.15, 0.2) is 48.5 Å². The number of rotatable bonds is 11. The number of alkyl halides is 4. The van der Waals surface area contributed by atoms with Crippen LogP contribution >= 0.6 is 0 Å². The molecule has 1 amide bonds. The summed E-state index contributed by atoms with van der Waals surface area (Å²) in [6.45, 7) is -1.31. The van der Waals surface area contributed by atoms with Crippen LogP contribution < -0.4 is 15.4 Å². The lowest BCUT2D eigenvalue weighted by Gasteiger charge is -2.37. The summed E-state index contributed by atoms with van der Waals surface area (Å²) in [5.74, 6) is -6.19. The molecule has 35 heavy (non-hydrogen) atoms. The van der Waals surface area contributed by atoms with Crippen molar-refractivity contribution < 1.29 is 35.9 Å². The van der Waals surface area contributed by atoms with Crippen LogP contribution in [0.4, 0.5) is 26.3 Å². The summed E-state index contributed by atoms with van der Waals surface area (Å²) >= 11 is 0. The maximum atomic E-state index is 14.8. The molecule has 0 radical (unpaired) electrons. The van der Waals surface area contributed by atoms with Crippen LogP contribution in [-0.2, 0) is 11.2 Å². The summed E-state index contributed by atoms with van der Waals surface area (Å²) in [6, 6.07) is 8.24. The fourth-order valence-electron chi connectivity index (χ4n) is 3.60. The van der Waals surface area contributed by atoms with Crippen LogP contribution in [0.3, 0.4) is 0 Å². The molecule has 1 aliphatic rings. The Labute approximate surface area is 198 Å². The van der Waals surface area contributed by atoms with Gasteiger partial charge in [0.2, 0.25) is 5.91 Å². The summed E-state index contributed by atoms with van der Waals surface area (Å²) < 4.78 is 88.9. The van der Waals surface area contributed by atoms with Crippen molar-refractivity contribution >= 4 is 5.91 Å². The summed E-state index contributed by atoms with van der Waals surface area (Å²) in [7, 11) is 0. The van der Waals surface area contributed by atoms with Crippen LogP contribution in [-0.4, -0.2) is 36.1 Å². The summed E-state index contributed by atoms with van der Waals surface area (Å²) in [4.78, 5) is 12.8. The normalized spacial score (nSPS) is 16.0. The predicted octanol–water partition coefficient (Wildman–Crippen LogP) is 4.73. The van der Waals surface area contributed by atoms with Gasteiger partial charge in [0.05, 0.1) is 12.1 Å². The molecule has 0 bridgehead atoms. The van der Waals surface area contributed by atoms with Gasteiger partial charge < -0.3 is 10.1 Å². The fourth-order valence-corrected chi connectivity index (χ4v) is 3.60. The molecule has 0 unspecified atom stereocenters. The Kier molecular flexibility index (Phi) is 7.95. The van der Waals surface area contributed by atoms with E-state index in [0.29, 0.717) is 19.3 Å². The maximum Gasteiger partial charge on any atom is 0.410 e. The van der Waals surface area contributed by atoms with Crippen LogP contribution in [0, 0.1) is 23.0 Å². The first kappa shape index (κ1) is 26.3. The highest BCUT2D eigenvalue weighted by Crippen LogP contribution is 2.32. The molecule has 2 aromatic carbocycles. The Morgan fingerprint density at radius 3 is 2.11 bits per heavy atom. The highest BCUT2D eigenvalue weighted by Gasteiger charge is 2.43. The average Bonchev–Trinajstić information content (AvgIpc) is 2.76. The van der Waals surface area contributed by atoms with Gasteiger partial charge in [0.25, 0.3) is 5.92 Å². The van der Waals surface area contributed by atoms with Gasteiger partial charge in [0.15, 0.2) is 0 Å². The third kappa shape index (κ3) is 7.62. The zero-order chi connectivity index (χ0) is 25.7. The molecule has 0 saturated heterocycles. The Morgan fingerprint density at radius 1 is 1.03 bits per heavy atom. The standard InChI is InChI=1S/C24H23F6N3O2/c25-17-4-2-16(3-5-17)12-23(27,28)13-20(21(34)33-22(14-31)10-1-11-22)32-15-24(29,30)35-19-8-6-18(26)7-9-19/h2-9,20,32H,1,10-13,15H2,(H,33,34)/t20-/m0/s1. The molecule has 188 valence electrons. The molecule has 1 fully saturated rings. The molecule has 0 spiro atoms. The molecular weight excluding hydrogens is 476 g/mol. The van der Waals surface area contributed by atoms with Crippen molar-refractivity contribution in [3.05, 3.63) is 65.7 Å². The van der Waals surface area contributed by atoms with Crippen molar-refractivity contribution in [2.45, 2.75) is 55.7 Å². The van der Waals surface area contributed by atoms with E-state index < -0.39 is 60.5 Å². The zero-order valence-electron chi connectivity index (χ0n) is 18.5. The maximum absolute atomic E-state index is 14.8. The second-order valence-corrected chi connectivity index (χ2v) is 8.53. The van der Waals surface area contributed by atoms with Gasteiger partial charge >= 0.3 is 6.11 Å². The largest absolute Gasteiger partial charge is 0.432 e. The average molecular weight is 499 g/mol. The van der Waals surface area contributed by atoms with Gasteiger partial charge in [-0.15, -0.1) is 0 Å². The van der Waals surface area contributed by atoms with Gasteiger partial charge in [-0.3, -0.25) is 10.1 Å². The molecule has 0 aromatic heterocycles. The van der Waals surface area contributed by atoms with E-state index in [0.717, 1.165) is 48.5 Å². The quantitative estimate of drug-likeness (QED) is 0.439. The topological polar surface area (TPSA) is 74.2 Å². The van der Waals surface area contributed by atoms with Crippen LogP contribution in [0.1, 0.15) is 31.2 Å². The highest BCUT2D eigenvalue weighted by molar-refractivity contribution is 5.83. The predicted molar refractivity (Wildman–Crippen MR) is 114 cm³/mol. The van der Waals surface area contributed by atoms with Crippen molar-refractivity contribution in [2.75, 3.05) is 6.54 Å². The number of amides is 1. The van der Waals surface area contributed by atoms with E-state index in [4.69, 9.17) is 0 Å². The minimum Gasteiger partial charge on any atom is -0.432 e. The van der Waals surface area contributed by atoms with E-state index in [-0.39, 0.29) is 11.3 Å². The summed E-state index contributed by atoms with van der Waals surface area (Å²) in [5, 5.41) is 13.8. The first-order valence-corrected chi connectivity index (χ1v) is 10.8. The molecule has 3 rings (SSSR count). The molecule has 1 aliphatic carbocycles. The van der Waals surface area contributed by atoms with Crippen molar-refractivity contribution in [3.8, 4) is 11.8 Å². The molecular formula is C24H23F6N3O2. The van der Waals surface area contributed by atoms with E-state index in [2.05, 4.69) is 15.4 Å². The van der Waals surface area contributed by atoms with Crippen molar-refractivity contribution in [2.24, 2.45) is 0 Å². The number of halogens is 6. The molecule has 0 aliphatic heterocycles. The highest BCUT2D eigenvalue weighted by atomic mass is 19.3. The smallest absolute Gasteiger partial charge is 0.410 e. The number of carbonyl (C=O) groups is 1. The van der Waals surface area contributed by atoms with Crippen LogP contribution in [0.2, 0.25) is 0 Å². The number of nitriles is 1. The number of hydrogen-bond donors (Lipinski definition) is 2. The molecule has 1 atom stereocenters.